The van der Waals surface area contributed by atoms with Gasteiger partial charge in [0.25, 0.3) is 0 Å². The molecule has 3 N–H and O–H groups in total. The molecular weight excluding hydrogens is 228 g/mol. The van der Waals surface area contributed by atoms with E-state index < -0.39 is 0 Å². The number of hydrogen-bond donors (Lipinski definition) is 2. The molecule has 1 rings (SSSR count). The third kappa shape index (κ3) is 5.80. The predicted molar refractivity (Wildman–Crippen MR) is 71.9 cm³/mol. The van der Waals surface area contributed by atoms with E-state index in [9.17, 15) is 4.79 Å². The maximum Gasteiger partial charge on any atom is 0.220 e. The van der Waals surface area contributed by atoms with Crippen LogP contribution in [-0.2, 0) is 22.6 Å². The Labute approximate surface area is 109 Å². The van der Waals surface area contributed by atoms with Gasteiger partial charge in [-0.15, -0.1) is 0 Å². The number of hydrogen-bond acceptors (Lipinski definition) is 3. The zero-order valence-corrected chi connectivity index (χ0v) is 10.9. The lowest BCUT2D eigenvalue weighted by Crippen LogP contribution is -2.22. The molecule has 100 valence electrons. The van der Waals surface area contributed by atoms with Gasteiger partial charge in [-0.3, -0.25) is 4.79 Å². The fourth-order valence-electron chi connectivity index (χ4n) is 1.56. The lowest BCUT2D eigenvalue weighted by Gasteiger charge is -2.06. The van der Waals surface area contributed by atoms with E-state index in [0.29, 0.717) is 32.7 Å². The molecule has 4 heteroatoms. The van der Waals surface area contributed by atoms with Crippen LogP contribution in [0.1, 0.15) is 30.9 Å². The van der Waals surface area contributed by atoms with Crippen LogP contribution >= 0.6 is 0 Å². The molecule has 0 aliphatic carbocycles. The molecular formula is C14H22N2O2. The van der Waals surface area contributed by atoms with Gasteiger partial charge in [0.05, 0.1) is 0 Å². The van der Waals surface area contributed by atoms with E-state index in [1.165, 1.54) is 0 Å². The average Bonchev–Trinajstić information content (AvgIpc) is 2.42. The first-order valence-corrected chi connectivity index (χ1v) is 6.38. The van der Waals surface area contributed by atoms with Gasteiger partial charge in [-0.1, -0.05) is 24.3 Å². The minimum atomic E-state index is 0.0672. The maximum absolute atomic E-state index is 11.5. The Morgan fingerprint density at radius 3 is 2.56 bits per heavy atom. The van der Waals surface area contributed by atoms with Crippen LogP contribution < -0.4 is 11.1 Å². The molecule has 1 aromatic carbocycles. The van der Waals surface area contributed by atoms with Crippen molar-refractivity contribution in [2.75, 3.05) is 13.2 Å². The van der Waals surface area contributed by atoms with Crippen molar-refractivity contribution in [1.29, 1.82) is 0 Å². The lowest BCUT2D eigenvalue weighted by molar-refractivity contribution is -0.121. The first-order valence-electron chi connectivity index (χ1n) is 6.38. The highest BCUT2D eigenvalue weighted by Gasteiger charge is 2.01. The van der Waals surface area contributed by atoms with Crippen molar-refractivity contribution >= 4 is 5.91 Å². The summed E-state index contributed by atoms with van der Waals surface area (Å²) in [5.74, 6) is 0.0672. The van der Waals surface area contributed by atoms with Gasteiger partial charge >= 0.3 is 0 Å². The average molecular weight is 250 g/mol. The Hall–Kier alpha value is -1.39. The number of carbonyl (C=O) groups excluding carboxylic acids is 1. The van der Waals surface area contributed by atoms with Crippen molar-refractivity contribution in [2.24, 2.45) is 5.73 Å². The van der Waals surface area contributed by atoms with Gasteiger partial charge in [0.15, 0.2) is 0 Å². The van der Waals surface area contributed by atoms with E-state index in [1.54, 1.807) is 0 Å². The molecule has 0 bridgehead atoms. The summed E-state index contributed by atoms with van der Waals surface area (Å²) in [5.41, 5.74) is 7.71. The van der Waals surface area contributed by atoms with Crippen molar-refractivity contribution in [3.05, 3.63) is 35.4 Å². The second kappa shape index (κ2) is 8.66. The molecule has 0 saturated carbocycles. The van der Waals surface area contributed by atoms with Crippen LogP contribution in [0.15, 0.2) is 24.3 Å². The van der Waals surface area contributed by atoms with Crippen LogP contribution in [0.25, 0.3) is 0 Å². The van der Waals surface area contributed by atoms with Gasteiger partial charge in [-0.25, -0.2) is 0 Å². The number of amides is 1. The summed E-state index contributed by atoms with van der Waals surface area (Å²) >= 11 is 0. The Kier molecular flexibility index (Phi) is 7.06. The number of rotatable bonds is 8. The summed E-state index contributed by atoms with van der Waals surface area (Å²) in [6.07, 6.45) is 1.28. The number of nitrogens with one attached hydrogen (secondary N) is 1. The van der Waals surface area contributed by atoms with E-state index in [-0.39, 0.29) is 5.91 Å². The zero-order valence-electron chi connectivity index (χ0n) is 10.9. The molecule has 0 aliphatic rings. The van der Waals surface area contributed by atoms with Crippen molar-refractivity contribution in [1.82, 2.24) is 5.32 Å². The van der Waals surface area contributed by atoms with E-state index in [1.807, 2.05) is 31.2 Å². The molecule has 0 spiro atoms. The molecule has 0 atom stereocenters. The molecule has 0 aromatic heterocycles. The molecule has 0 heterocycles. The Bertz CT molecular complexity index is 349. The third-order valence-corrected chi connectivity index (χ3v) is 2.64. The molecule has 0 saturated heterocycles. The van der Waals surface area contributed by atoms with E-state index in [4.69, 9.17) is 10.5 Å². The van der Waals surface area contributed by atoms with Crippen molar-refractivity contribution in [3.8, 4) is 0 Å². The summed E-state index contributed by atoms with van der Waals surface area (Å²) < 4.78 is 5.18. The van der Waals surface area contributed by atoms with Crippen LogP contribution in [0.3, 0.4) is 0 Å². The van der Waals surface area contributed by atoms with Crippen LogP contribution in [-0.4, -0.2) is 19.1 Å². The first-order chi connectivity index (χ1) is 8.76. The van der Waals surface area contributed by atoms with Gasteiger partial charge in [0.2, 0.25) is 5.91 Å². The molecule has 1 aromatic rings. The van der Waals surface area contributed by atoms with Gasteiger partial charge < -0.3 is 15.8 Å². The summed E-state index contributed by atoms with van der Waals surface area (Å²) in [7, 11) is 0. The molecule has 0 unspecified atom stereocenters. The highest BCUT2D eigenvalue weighted by Crippen LogP contribution is 2.03. The largest absolute Gasteiger partial charge is 0.382 e. The van der Waals surface area contributed by atoms with E-state index in [0.717, 1.165) is 17.5 Å². The van der Waals surface area contributed by atoms with Crippen molar-refractivity contribution in [3.63, 3.8) is 0 Å². The standard InChI is InChI=1S/C14H22N2O2/c1-2-18-9-3-4-14(17)16-11-13-7-5-12(10-15)6-8-13/h5-8H,2-4,9-11,15H2,1H3,(H,16,17). The van der Waals surface area contributed by atoms with Crippen molar-refractivity contribution < 1.29 is 9.53 Å². The van der Waals surface area contributed by atoms with E-state index in [2.05, 4.69) is 5.32 Å². The number of ether oxygens (including phenoxy) is 1. The van der Waals surface area contributed by atoms with Crippen LogP contribution in [0, 0.1) is 0 Å². The summed E-state index contributed by atoms with van der Waals surface area (Å²) in [6, 6.07) is 7.94. The Morgan fingerprint density at radius 1 is 1.28 bits per heavy atom. The smallest absolute Gasteiger partial charge is 0.220 e. The summed E-state index contributed by atoms with van der Waals surface area (Å²) in [6.45, 7) is 4.41. The first kappa shape index (κ1) is 14.7. The normalized spacial score (nSPS) is 10.3. The summed E-state index contributed by atoms with van der Waals surface area (Å²) in [4.78, 5) is 11.5. The molecule has 0 fully saturated rings. The Morgan fingerprint density at radius 2 is 1.94 bits per heavy atom. The SMILES string of the molecule is CCOCCCC(=O)NCc1ccc(CN)cc1. The number of carbonyl (C=O) groups is 1. The number of nitrogens with two attached hydrogens (primary N) is 1. The van der Waals surface area contributed by atoms with Gasteiger partial charge in [-0.05, 0) is 24.5 Å². The van der Waals surface area contributed by atoms with Gasteiger partial charge in [0, 0.05) is 32.7 Å². The molecule has 1 amide bonds. The van der Waals surface area contributed by atoms with E-state index >= 15 is 0 Å². The van der Waals surface area contributed by atoms with Crippen LogP contribution in [0.5, 0.6) is 0 Å². The second-order valence-electron chi connectivity index (χ2n) is 4.10. The fourth-order valence-corrected chi connectivity index (χ4v) is 1.56. The molecule has 0 aliphatic heterocycles. The fraction of sp³-hybridized carbons (Fsp3) is 0.500. The monoisotopic (exact) mass is 250 g/mol. The lowest BCUT2D eigenvalue weighted by atomic mass is 10.1. The van der Waals surface area contributed by atoms with Crippen LogP contribution in [0.2, 0.25) is 0 Å². The van der Waals surface area contributed by atoms with Gasteiger partial charge in [0.1, 0.15) is 0 Å². The highest BCUT2D eigenvalue weighted by atomic mass is 16.5. The zero-order chi connectivity index (χ0) is 13.2. The molecule has 4 nitrogen and oxygen atoms in total. The molecule has 0 radical (unpaired) electrons. The third-order valence-electron chi connectivity index (χ3n) is 2.64. The summed E-state index contributed by atoms with van der Waals surface area (Å²) in [5, 5.41) is 2.89. The predicted octanol–water partition coefficient (Wildman–Crippen LogP) is 1.58. The maximum atomic E-state index is 11.5. The van der Waals surface area contributed by atoms with Crippen LogP contribution in [0.4, 0.5) is 0 Å². The quantitative estimate of drug-likeness (QED) is 0.688. The topological polar surface area (TPSA) is 64.3 Å². The number of benzene rings is 1. The highest BCUT2D eigenvalue weighted by molar-refractivity contribution is 5.75. The minimum Gasteiger partial charge on any atom is -0.382 e. The molecule has 18 heavy (non-hydrogen) atoms. The minimum absolute atomic E-state index is 0.0672. The second-order valence-corrected chi connectivity index (χ2v) is 4.10. The van der Waals surface area contributed by atoms with Crippen molar-refractivity contribution in [2.45, 2.75) is 32.9 Å². The Balaban J connectivity index is 2.20. The van der Waals surface area contributed by atoms with Gasteiger partial charge in [-0.2, -0.15) is 0 Å².